The van der Waals surface area contributed by atoms with Crippen molar-refractivity contribution < 1.29 is 18.8 Å². The molecule has 3 aromatic rings. The lowest BCUT2D eigenvalue weighted by Crippen LogP contribution is -2.31. The van der Waals surface area contributed by atoms with Crippen LogP contribution in [-0.4, -0.2) is 63.7 Å². The number of carbonyl (C=O) groups is 1. The molecule has 9 heteroatoms. The lowest BCUT2D eigenvalue weighted by atomic mass is 10.0. The van der Waals surface area contributed by atoms with Crippen LogP contribution in [0.1, 0.15) is 53.9 Å². The van der Waals surface area contributed by atoms with Gasteiger partial charge in [0, 0.05) is 45.2 Å². The van der Waals surface area contributed by atoms with Crippen molar-refractivity contribution in [3.63, 3.8) is 0 Å². The van der Waals surface area contributed by atoms with E-state index in [4.69, 9.17) is 14.0 Å². The molecule has 1 unspecified atom stereocenters. The minimum Gasteiger partial charge on any atom is -0.381 e. The van der Waals surface area contributed by atoms with Crippen LogP contribution in [0.3, 0.4) is 0 Å². The molecule has 0 saturated carbocycles. The van der Waals surface area contributed by atoms with E-state index in [-0.39, 0.29) is 11.9 Å². The summed E-state index contributed by atoms with van der Waals surface area (Å²) in [6.07, 6.45) is 4.41. The van der Waals surface area contributed by atoms with Gasteiger partial charge in [-0.15, -0.1) is 0 Å². The lowest BCUT2D eigenvalue weighted by molar-refractivity contribution is 0.0211. The molecule has 2 saturated heterocycles. The predicted octanol–water partition coefficient (Wildman–Crippen LogP) is 2.92. The van der Waals surface area contributed by atoms with E-state index in [2.05, 4.69) is 15.2 Å². The van der Waals surface area contributed by atoms with Gasteiger partial charge < -0.3 is 18.9 Å². The van der Waals surface area contributed by atoms with E-state index in [0.29, 0.717) is 42.9 Å². The summed E-state index contributed by atoms with van der Waals surface area (Å²) in [6, 6.07) is 7.56. The number of benzene rings is 1. The maximum absolute atomic E-state index is 13.4. The van der Waals surface area contributed by atoms with E-state index in [1.54, 1.807) is 4.68 Å². The number of rotatable bonds is 7. The SMILES string of the molecule is Cn1nc(C(=O)N2CCCC2c2nc(CCOCC3CCOCC3)no2)c2ccccc21. The van der Waals surface area contributed by atoms with Gasteiger partial charge in [-0.1, -0.05) is 23.4 Å². The molecule has 9 nitrogen and oxygen atoms in total. The third-order valence-corrected chi connectivity index (χ3v) is 6.41. The summed E-state index contributed by atoms with van der Waals surface area (Å²) in [5.41, 5.74) is 1.41. The molecule has 2 aromatic heterocycles. The minimum absolute atomic E-state index is 0.0937. The fourth-order valence-corrected chi connectivity index (χ4v) is 4.61. The molecular formula is C23H29N5O4. The van der Waals surface area contributed by atoms with Gasteiger partial charge in [-0.3, -0.25) is 9.48 Å². The maximum atomic E-state index is 13.4. The highest BCUT2D eigenvalue weighted by Gasteiger charge is 2.36. The average molecular weight is 440 g/mol. The number of aryl methyl sites for hydroxylation is 1. The van der Waals surface area contributed by atoms with Crippen molar-refractivity contribution in [3.05, 3.63) is 41.7 Å². The van der Waals surface area contributed by atoms with Crippen LogP contribution in [0.5, 0.6) is 0 Å². The number of carbonyl (C=O) groups excluding carboxylic acids is 1. The van der Waals surface area contributed by atoms with Crippen LogP contribution in [0.25, 0.3) is 10.9 Å². The van der Waals surface area contributed by atoms with Crippen molar-refractivity contribution in [1.82, 2.24) is 24.8 Å². The Kier molecular flexibility index (Phi) is 6.18. The van der Waals surface area contributed by atoms with Gasteiger partial charge in [-0.05, 0) is 37.7 Å². The van der Waals surface area contributed by atoms with Crippen LogP contribution in [-0.2, 0) is 22.9 Å². The summed E-state index contributed by atoms with van der Waals surface area (Å²) in [5.74, 6) is 1.60. The summed E-state index contributed by atoms with van der Waals surface area (Å²) in [5, 5.41) is 9.47. The quantitative estimate of drug-likeness (QED) is 0.522. The first-order valence-electron chi connectivity index (χ1n) is 11.4. The fourth-order valence-electron chi connectivity index (χ4n) is 4.61. The van der Waals surface area contributed by atoms with Crippen LogP contribution in [0.2, 0.25) is 0 Å². The molecule has 5 rings (SSSR count). The zero-order chi connectivity index (χ0) is 21.9. The molecule has 0 N–H and O–H groups in total. The number of hydrogen-bond acceptors (Lipinski definition) is 7. The largest absolute Gasteiger partial charge is 0.381 e. The van der Waals surface area contributed by atoms with Gasteiger partial charge in [-0.2, -0.15) is 10.1 Å². The topological polar surface area (TPSA) is 95.5 Å². The second kappa shape index (κ2) is 9.38. The Hall–Kier alpha value is -2.78. The van der Waals surface area contributed by atoms with Gasteiger partial charge in [0.1, 0.15) is 6.04 Å². The fraction of sp³-hybridized carbons (Fsp3) is 0.565. The van der Waals surface area contributed by atoms with Crippen molar-refractivity contribution in [2.75, 3.05) is 33.0 Å². The number of amides is 1. The van der Waals surface area contributed by atoms with Gasteiger partial charge in [-0.25, -0.2) is 0 Å². The molecule has 2 aliphatic rings. The van der Waals surface area contributed by atoms with Gasteiger partial charge in [0.2, 0.25) is 5.89 Å². The third-order valence-electron chi connectivity index (χ3n) is 6.41. The highest BCUT2D eigenvalue weighted by molar-refractivity contribution is 6.05. The van der Waals surface area contributed by atoms with E-state index in [1.165, 1.54) is 0 Å². The Bertz CT molecular complexity index is 1070. The van der Waals surface area contributed by atoms with Gasteiger partial charge in [0.15, 0.2) is 11.5 Å². The Morgan fingerprint density at radius 2 is 2.06 bits per heavy atom. The Morgan fingerprint density at radius 3 is 2.94 bits per heavy atom. The lowest BCUT2D eigenvalue weighted by Gasteiger charge is -2.21. The second-order valence-corrected chi connectivity index (χ2v) is 8.58. The first-order chi connectivity index (χ1) is 15.7. The first-order valence-corrected chi connectivity index (χ1v) is 11.4. The minimum atomic E-state index is -0.215. The van der Waals surface area contributed by atoms with Gasteiger partial charge in [0.05, 0.1) is 12.1 Å². The molecule has 0 aliphatic carbocycles. The van der Waals surface area contributed by atoms with Crippen LogP contribution in [0.4, 0.5) is 0 Å². The van der Waals surface area contributed by atoms with Crippen molar-refractivity contribution in [3.8, 4) is 0 Å². The second-order valence-electron chi connectivity index (χ2n) is 8.58. The van der Waals surface area contributed by atoms with Gasteiger partial charge in [0.25, 0.3) is 5.91 Å². The molecule has 1 amide bonds. The predicted molar refractivity (Wildman–Crippen MR) is 116 cm³/mol. The molecule has 1 atom stereocenters. The Labute approximate surface area is 186 Å². The van der Waals surface area contributed by atoms with Crippen LogP contribution in [0.15, 0.2) is 28.8 Å². The summed E-state index contributed by atoms with van der Waals surface area (Å²) in [4.78, 5) is 19.7. The van der Waals surface area contributed by atoms with E-state index in [9.17, 15) is 4.79 Å². The summed E-state index contributed by atoms with van der Waals surface area (Å²) in [6.45, 7) is 3.61. The summed E-state index contributed by atoms with van der Waals surface area (Å²) < 4.78 is 18.5. The van der Waals surface area contributed by atoms with Crippen molar-refractivity contribution in [2.45, 2.75) is 38.1 Å². The van der Waals surface area contributed by atoms with E-state index < -0.39 is 0 Å². The van der Waals surface area contributed by atoms with Crippen molar-refractivity contribution in [1.29, 1.82) is 0 Å². The maximum Gasteiger partial charge on any atom is 0.275 e. The van der Waals surface area contributed by atoms with E-state index in [0.717, 1.165) is 56.4 Å². The van der Waals surface area contributed by atoms with Crippen LogP contribution >= 0.6 is 0 Å². The average Bonchev–Trinajstić information content (AvgIpc) is 3.56. The normalized spacial score (nSPS) is 19.8. The molecule has 1 aromatic carbocycles. The molecule has 170 valence electrons. The number of para-hydroxylation sites is 1. The van der Waals surface area contributed by atoms with Crippen molar-refractivity contribution >= 4 is 16.8 Å². The molecule has 0 radical (unpaired) electrons. The standard InChI is InChI=1S/C23H29N5O4/c1-27-18-6-3-2-5-17(18)21(25-27)23(29)28-11-4-7-19(28)22-24-20(26-32-22)10-14-31-15-16-8-12-30-13-9-16/h2-3,5-6,16,19H,4,7-15H2,1H3. The molecule has 0 spiro atoms. The molecule has 2 aliphatic heterocycles. The molecule has 4 heterocycles. The van der Waals surface area contributed by atoms with Crippen LogP contribution in [0, 0.1) is 5.92 Å². The molecule has 32 heavy (non-hydrogen) atoms. The van der Waals surface area contributed by atoms with Crippen molar-refractivity contribution in [2.24, 2.45) is 13.0 Å². The Balaban J connectivity index is 1.22. The molecular weight excluding hydrogens is 410 g/mol. The zero-order valence-electron chi connectivity index (χ0n) is 18.4. The number of fused-ring (bicyclic) bond motifs is 1. The van der Waals surface area contributed by atoms with Crippen LogP contribution < -0.4 is 0 Å². The molecule has 2 fully saturated rings. The third kappa shape index (κ3) is 4.27. The van der Waals surface area contributed by atoms with E-state index >= 15 is 0 Å². The zero-order valence-corrected chi connectivity index (χ0v) is 18.4. The number of likely N-dealkylation sites (tertiary alicyclic amines) is 1. The monoisotopic (exact) mass is 439 g/mol. The first kappa shape index (κ1) is 21.1. The summed E-state index contributed by atoms with van der Waals surface area (Å²) in [7, 11) is 1.86. The number of hydrogen-bond donors (Lipinski definition) is 0. The Morgan fingerprint density at radius 1 is 1.22 bits per heavy atom. The highest BCUT2D eigenvalue weighted by atomic mass is 16.5. The number of aromatic nitrogens is 4. The summed E-state index contributed by atoms with van der Waals surface area (Å²) >= 11 is 0. The number of ether oxygens (including phenoxy) is 2. The smallest absolute Gasteiger partial charge is 0.275 e. The number of nitrogens with zero attached hydrogens (tertiary/aromatic N) is 5. The highest BCUT2D eigenvalue weighted by Crippen LogP contribution is 2.33. The molecule has 0 bridgehead atoms. The van der Waals surface area contributed by atoms with E-state index in [1.807, 2.05) is 36.2 Å². The van der Waals surface area contributed by atoms with Gasteiger partial charge >= 0.3 is 0 Å².